The Hall–Kier alpha value is -14.7. The molecule has 0 heterocycles. The maximum Gasteiger partial charge on any atom is 0.0714 e. The minimum atomic E-state index is -0.723. The van der Waals surface area contributed by atoms with E-state index in [9.17, 15) is 0 Å². The number of unbranched alkanes of at least 4 members (excludes halogenated alkanes) is 6. The molecule has 0 radical (unpaired) electrons. The molecule has 4 aliphatic rings. The summed E-state index contributed by atoms with van der Waals surface area (Å²) < 4.78 is 0. The smallest absolute Gasteiger partial charge is 0.0714 e. The highest BCUT2D eigenvalue weighted by atomic mass is 15.1. The molecule has 692 valence electrons. The second-order valence-electron chi connectivity index (χ2n) is 41.5. The minimum absolute atomic E-state index is 0.0137. The molecule has 16 aromatic carbocycles. The molecule has 4 aliphatic carbocycles. The van der Waals surface area contributed by atoms with Crippen molar-refractivity contribution in [1.82, 2.24) is 0 Å². The molecule has 2 heteroatoms. The van der Waals surface area contributed by atoms with Gasteiger partial charge in [0.05, 0.1) is 10.8 Å². The van der Waals surface area contributed by atoms with E-state index >= 15 is 0 Å². The number of hydrogen-bond donors (Lipinski definition) is 0. The van der Waals surface area contributed by atoms with Crippen molar-refractivity contribution in [1.29, 1.82) is 0 Å². The van der Waals surface area contributed by atoms with Gasteiger partial charge < -0.3 is 9.80 Å². The largest absolute Gasteiger partial charge is 0.310 e. The Bertz CT molecular complexity index is 7270. The Kier molecular flexibility index (Phi) is 26.3. The lowest BCUT2D eigenvalue weighted by Gasteiger charge is -2.42. The molecule has 16 aromatic rings. The lowest BCUT2D eigenvalue weighted by molar-refractivity contribution is 0.377. The van der Waals surface area contributed by atoms with E-state index in [1.807, 2.05) is 12.2 Å². The standard InChI is InChI=1S/C138H130N2/c1-13-19-21-25-34-98-50-64-114(65-51-98)138(115-66-52-99(53-67-115)35-26-22-20-14-2)132-90-108(106-58-80-118(81-59-106)139(116-76-54-104(55-77-116)102-36-27-23-28-37-102)120-84-88-124-122(18-6)128(33-15-3)136(130(124)92-120,94-100-46-42-96(16-4)43-47-100)112-72-68-110(69-73-112)134(7,8)9)62-86-126(132)127-87-63-109(91-133(127)138)107-60-82-119(83-61-107)140(117-78-56-105(57-79-117)103-38-29-24-30-39-103)121-85-89-125-123-40-31-32-41-129(123)137(131(125)93-121,95-101-48-44-97(17-5)45-49-101)113-74-70-111(71-75-113)135(10,11)12/h15-18,23-24,27-33,36-72,74-93,112H,4-6,13-14,19-22,25-26,34-35,73,94-95H2,1-3,7-12H3/b33-15-. The Balaban J connectivity index is 0.722. The maximum atomic E-state index is 4.61. The zero-order chi connectivity index (χ0) is 96.3. The van der Waals surface area contributed by atoms with E-state index in [0.29, 0.717) is 0 Å². The molecule has 0 N–H and O–H groups in total. The van der Waals surface area contributed by atoms with Crippen molar-refractivity contribution in [2.45, 2.75) is 167 Å². The van der Waals surface area contributed by atoms with Crippen LogP contribution in [0, 0.1) is 11.3 Å². The second-order valence-corrected chi connectivity index (χ2v) is 41.5. The van der Waals surface area contributed by atoms with Gasteiger partial charge >= 0.3 is 0 Å². The van der Waals surface area contributed by atoms with E-state index in [1.165, 1.54) is 202 Å². The van der Waals surface area contributed by atoms with Gasteiger partial charge in [-0.3, -0.25) is 0 Å². The van der Waals surface area contributed by atoms with Crippen LogP contribution in [0.25, 0.3) is 84.5 Å². The Morgan fingerprint density at radius 3 is 1.16 bits per heavy atom. The van der Waals surface area contributed by atoms with E-state index in [2.05, 4.69) is 504 Å². The van der Waals surface area contributed by atoms with Crippen LogP contribution < -0.4 is 9.80 Å². The summed E-state index contributed by atoms with van der Waals surface area (Å²) in [6.45, 7) is 33.6. The number of rotatable bonds is 32. The molecule has 2 nitrogen and oxygen atoms in total. The molecule has 0 spiro atoms. The number of benzene rings is 16. The minimum Gasteiger partial charge on any atom is -0.310 e. The average Bonchev–Trinajstić information content (AvgIpc) is 1.52. The first-order chi connectivity index (χ1) is 68.3. The van der Waals surface area contributed by atoms with Gasteiger partial charge in [-0.2, -0.15) is 0 Å². The summed E-state index contributed by atoms with van der Waals surface area (Å²) >= 11 is 0. The van der Waals surface area contributed by atoms with Crippen molar-refractivity contribution in [3.05, 3.63) is 532 Å². The molecular formula is C138H130N2. The molecule has 0 bridgehead atoms. The monoisotopic (exact) mass is 1820 g/mol. The topological polar surface area (TPSA) is 6.48 Å². The predicted molar refractivity (Wildman–Crippen MR) is 600 cm³/mol. The van der Waals surface area contributed by atoms with Crippen molar-refractivity contribution in [2.24, 2.45) is 11.3 Å². The molecule has 140 heavy (non-hydrogen) atoms. The Morgan fingerprint density at radius 2 is 0.721 bits per heavy atom. The molecule has 0 saturated carbocycles. The van der Waals surface area contributed by atoms with Gasteiger partial charge in [-0.1, -0.05) is 453 Å². The van der Waals surface area contributed by atoms with E-state index in [-0.39, 0.29) is 16.7 Å². The number of fused-ring (bicyclic) bond motifs is 7. The van der Waals surface area contributed by atoms with Crippen LogP contribution in [0.3, 0.4) is 0 Å². The van der Waals surface area contributed by atoms with Crippen molar-refractivity contribution in [2.75, 3.05) is 9.80 Å². The quantitative estimate of drug-likeness (QED) is 0.0388. The second kappa shape index (κ2) is 39.7. The lowest BCUT2D eigenvalue weighted by atomic mass is 9.61. The number of nitrogens with zero attached hydrogens (tertiary/aromatic N) is 2. The van der Waals surface area contributed by atoms with Gasteiger partial charge in [-0.05, 0) is 326 Å². The maximum absolute atomic E-state index is 4.61. The van der Waals surface area contributed by atoms with Gasteiger partial charge in [-0.25, -0.2) is 0 Å². The molecule has 0 aliphatic heterocycles. The molecule has 3 atom stereocenters. The van der Waals surface area contributed by atoms with Crippen LogP contribution in [-0.2, 0) is 47.3 Å². The van der Waals surface area contributed by atoms with Crippen LogP contribution in [0.2, 0.25) is 0 Å². The van der Waals surface area contributed by atoms with E-state index in [4.69, 9.17) is 0 Å². The van der Waals surface area contributed by atoms with E-state index in [0.717, 1.165) is 88.5 Å². The summed E-state index contributed by atoms with van der Waals surface area (Å²) in [6, 6.07) is 145. The van der Waals surface area contributed by atoms with Crippen LogP contribution in [0.15, 0.2) is 443 Å². The summed E-state index contributed by atoms with van der Waals surface area (Å²) in [5.74, 6) is 0.141. The molecule has 0 amide bonds. The summed E-state index contributed by atoms with van der Waals surface area (Å²) in [5, 5.41) is 0. The number of aryl methyl sites for hydroxylation is 2. The van der Waals surface area contributed by atoms with E-state index < -0.39 is 16.2 Å². The fourth-order valence-electron chi connectivity index (χ4n) is 23.4. The van der Waals surface area contributed by atoms with E-state index in [1.54, 1.807) is 0 Å². The zero-order valence-corrected chi connectivity index (χ0v) is 83.2. The van der Waals surface area contributed by atoms with Gasteiger partial charge in [0.15, 0.2) is 0 Å². The van der Waals surface area contributed by atoms with Crippen molar-refractivity contribution in [3.8, 4) is 66.8 Å². The third kappa shape index (κ3) is 17.6. The zero-order valence-electron chi connectivity index (χ0n) is 83.2. The van der Waals surface area contributed by atoms with Gasteiger partial charge in [0.25, 0.3) is 0 Å². The average molecular weight is 1820 g/mol. The fourth-order valence-corrected chi connectivity index (χ4v) is 23.4. The number of anilines is 6. The van der Waals surface area contributed by atoms with Crippen molar-refractivity contribution >= 4 is 51.8 Å². The van der Waals surface area contributed by atoms with Gasteiger partial charge in [0.2, 0.25) is 0 Å². The first-order valence-electron chi connectivity index (χ1n) is 51.3. The van der Waals surface area contributed by atoms with Crippen molar-refractivity contribution < 1.29 is 0 Å². The normalized spacial score (nSPS) is 16.0. The highest BCUT2D eigenvalue weighted by molar-refractivity contribution is 5.95. The number of allylic oxidation sites excluding steroid dienone is 9. The van der Waals surface area contributed by atoms with Gasteiger partial charge in [-0.15, -0.1) is 0 Å². The van der Waals surface area contributed by atoms with Gasteiger partial charge in [0, 0.05) is 39.5 Å². The molecule has 0 fully saturated rings. The Morgan fingerprint density at radius 1 is 0.329 bits per heavy atom. The molecule has 0 aromatic heterocycles. The molecule has 3 unspecified atom stereocenters. The van der Waals surface area contributed by atoms with Crippen LogP contribution >= 0.6 is 0 Å². The molecular weight excluding hydrogens is 1690 g/mol. The summed E-state index contributed by atoms with van der Waals surface area (Å²) in [5.41, 5.74) is 43.5. The first-order valence-corrected chi connectivity index (χ1v) is 51.3. The molecule has 0 saturated heterocycles. The summed E-state index contributed by atoms with van der Waals surface area (Å²) in [4.78, 5) is 4.98. The SMILES string of the molecule is C=CC1=C(/C=C\C)C(Cc2ccc(C=C)cc2)(C2C=CC(C(C)(C)C)=CC2)c2cc(N(c3ccc(-c4ccccc4)cc3)c3ccc(-c4ccc5c(c4)C(c4ccc(CCCCCC)cc4)(c4ccc(CCCCCC)cc4)c4cc(-c6ccc(N(c7ccc(-c8ccccc8)cc7)c7ccc8c(c7)C(Cc7ccc(C=C)cc7)(c7ccc(C(C)(C)C)cc7)c7ccccc7-8)cc6)ccc4-5)cc3)ccc21. The third-order valence-electron chi connectivity index (χ3n) is 30.9. The number of hydrogen-bond acceptors (Lipinski definition) is 2. The van der Waals surface area contributed by atoms with Gasteiger partial charge in [0.1, 0.15) is 0 Å². The first kappa shape index (κ1) is 93.0. The Labute approximate surface area is 833 Å². The van der Waals surface area contributed by atoms with Crippen LogP contribution in [-0.4, -0.2) is 0 Å². The van der Waals surface area contributed by atoms with Crippen molar-refractivity contribution in [3.63, 3.8) is 0 Å². The summed E-state index contributed by atoms with van der Waals surface area (Å²) in [6.07, 6.45) is 32.4. The van der Waals surface area contributed by atoms with Crippen LogP contribution in [0.4, 0.5) is 34.1 Å². The third-order valence-corrected chi connectivity index (χ3v) is 30.9. The lowest BCUT2D eigenvalue weighted by Crippen LogP contribution is -2.38. The molecule has 20 rings (SSSR count). The van der Waals surface area contributed by atoms with Crippen LogP contribution in [0.1, 0.15) is 209 Å². The van der Waals surface area contributed by atoms with Crippen LogP contribution in [0.5, 0.6) is 0 Å². The highest BCUT2D eigenvalue weighted by Crippen LogP contribution is 2.62. The fraction of sp³-hybridized carbons (Fsp3) is 0.203. The predicted octanol–water partition coefficient (Wildman–Crippen LogP) is 37.6. The summed E-state index contributed by atoms with van der Waals surface area (Å²) in [7, 11) is 0. The highest BCUT2D eigenvalue weighted by Gasteiger charge is 2.51.